The molecule has 0 radical (unpaired) electrons. The van der Waals surface area contributed by atoms with Crippen molar-refractivity contribution in [3.05, 3.63) is 36.5 Å². The van der Waals surface area contributed by atoms with Crippen LogP contribution >= 0.6 is 0 Å². The molecule has 2 aliphatic carbocycles. The van der Waals surface area contributed by atoms with Crippen LogP contribution in [-0.2, 0) is 29.1 Å². The molecule has 15 nitrogen and oxygen atoms in total. The van der Waals surface area contributed by atoms with E-state index in [-0.39, 0.29) is 31.2 Å². The summed E-state index contributed by atoms with van der Waals surface area (Å²) in [5, 5.41) is 5.90. The van der Waals surface area contributed by atoms with Crippen molar-refractivity contribution in [2.45, 2.75) is 120 Å². The molecule has 3 aliphatic heterocycles. The molecule has 0 spiro atoms. The number of hydrogen-bond acceptors (Lipinski definition) is 11. The SMILES string of the molecule is CC[C@@H]1C[C@@H](C)CC/C=C\[C@@H]2C[C@@]2(C(=O)NS(=O)(=O)C2CC2)NC(=O)[C@@H]2C[C@@H](Oc3nccc4c5c(ccc34)N(C)CCO5)CN2C(=O)[C@H]1NC(=O)OC(C)(C)C(F)(F)F. The van der Waals surface area contributed by atoms with E-state index in [1.165, 1.54) is 4.90 Å². The number of rotatable bonds is 8. The molecule has 60 heavy (non-hydrogen) atoms. The number of allylic oxidation sites excluding steroid dienone is 1. The molecule has 7 atom stereocenters. The zero-order chi connectivity index (χ0) is 43.4. The molecule has 1 saturated heterocycles. The van der Waals surface area contributed by atoms with E-state index in [1.807, 2.05) is 32.2 Å². The average molecular weight is 863 g/mol. The van der Waals surface area contributed by atoms with E-state index in [9.17, 15) is 40.8 Å². The third-order valence-corrected chi connectivity index (χ3v) is 14.3. The van der Waals surface area contributed by atoms with Crippen LogP contribution in [0.25, 0.3) is 10.8 Å². The lowest BCUT2D eigenvalue weighted by atomic mass is 9.85. The molecule has 7 rings (SSSR count). The summed E-state index contributed by atoms with van der Waals surface area (Å²) in [6.07, 6.45) is 0.730. The van der Waals surface area contributed by atoms with Gasteiger partial charge in [0, 0.05) is 36.4 Å². The van der Waals surface area contributed by atoms with Gasteiger partial charge in [0.1, 0.15) is 30.3 Å². The van der Waals surface area contributed by atoms with Gasteiger partial charge in [0.05, 0.1) is 24.0 Å². The largest absolute Gasteiger partial charge is 0.489 e. The molecule has 2 aromatic rings. The number of nitrogens with zero attached hydrogens (tertiary/aromatic N) is 3. The predicted octanol–water partition coefficient (Wildman–Crippen LogP) is 4.73. The molecular weight excluding hydrogens is 810 g/mol. The number of halogens is 3. The summed E-state index contributed by atoms with van der Waals surface area (Å²) in [6, 6.07) is 2.79. The van der Waals surface area contributed by atoms with Crippen LogP contribution in [0.5, 0.6) is 11.6 Å². The summed E-state index contributed by atoms with van der Waals surface area (Å²) in [7, 11) is -2.03. The zero-order valence-electron chi connectivity index (χ0n) is 34.3. The molecule has 3 fully saturated rings. The number of alkyl halides is 3. The van der Waals surface area contributed by atoms with Gasteiger partial charge in [0.25, 0.3) is 5.91 Å². The third-order valence-electron chi connectivity index (χ3n) is 12.5. The summed E-state index contributed by atoms with van der Waals surface area (Å²) >= 11 is 0. The lowest BCUT2D eigenvalue weighted by Crippen LogP contribution is -2.59. The highest BCUT2D eigenvalue weighted by Crippen LogP contribution is 2.47. The summed E-state index contributed by atoms with van der Waals surface area (Å²) in [5.74, 6) is -2.70. The maximum absolute atomic E-state index is 15.0. The molecular formula is C41H53F3N6O9S. The van der Waals surface area contributed by atoms with Crippen molar-refractivity contribution in [1.82, 2.24) is 25.2 Å². The summed E-state index contributed by atoms with van der Waals surface area (Å²) in [6.45, 7) is 6.13. The van der Waals surface area contributed by atoms with Gasteiger partial charge in [-0.15, -0.1) is 0 Å². The minimum atomic E-state index is -4.91. The first-order chi connectivity index (χ1) is 28.2. The standard InChI is InChI=1S/C41H53F3N6O9S/c1-6-24-19-23(2)9-7-8-10-25-21-40(25,37(53)48-60(55,56)27-11-12-27)47-34(51)31-20-26(22-50(31)36(52)32(24)46-38(54)59-39(3,4)41(42,43)44)58-35-29-13-14-30-33(28(29)15-16-45-35)57-18-17-49(30)5/h8,10,13-16,23-27,31-32H,6-7,9,11-12,17-22H2,1-5H3,(H,46,54)(H,47,51)(H,48,53)/b10-8-/t23-,24+,25+,26+,31-,32-,40+/m0/s1. The first kappa shape index (κ1) is 43.3. The number of fused-ring (bicyclic) bond motifs is 5. The van der Waals surface area contributed by atoms with Crippen LogP contribution in [0, 0.1) is 17.8 Å². The molecule has 328 valence electrons. The summed E-state index contributed by atoms with van der Waals surface area (Å²) in [5.41, 5.74) is -3.63. The number of ether oxygens (including phenoxy) is 3. The molecule has 2 saturated carbocycles. The molecule has 19 heteroatoms. The number of anilines is 1. The van der Waals surface area contributed by atoms with Crippen LogP contribution in [0.1, 0.15) is 79.1 Å². The molecule has 0 unspecified atom stereocenters. The minimum absolute atomic E-state index is 0.0300. The van der Waals surface area contributed by atoms with Gasteiger partial charge >= 0.3 is 12.3 Å². The van der Waals surface area contributed by atoms with Gasteiger partial charge in [-0.1, -0.05) is 32.4 Å². The first-order valence-corrected chi connectivity index (χ1v) is 22.1. The van der Waals surface area contributed by atoms with Crippen molar-refractivity contribution >= 4 is 50.3 Å². The topological polar surface area (TPSA) is 186 Å². The molecule has 3 N–H and O–H groups in total. The fraction of sp³-hybridized carbons (Fsp3) is 0.634. The molecule has 4 heterocycles. The van der Waals surface area contributed by atoms with Crippen molar-refractivity contribution in [2.24, 2.45) is 17.8 Å². The number of carbonyl (C=O) groups excluding carboxylic acids is 4. The summed E-state index contributed by atoms with van der Waals surface area (Å²) < 4.78 is 86.9. The van der Waals surface area contributed by atoms with Gasteiger partial charge in [-0.2, -0.15) is 13.2 Å². The molecule has 0 bridgehead atoms. The second-order valence-electron chi connectivity index (χ2n) is 17.4. The number of nitrogens with one attached hydrogen (secondary N) is 3. The Kier molecular flexibility index (Phi) is 11.7. The Labute approximate surface area is 347 Å². The first-order valence-electron chi connectivity index (χ1n) is 20.6. The van der Waals surface area contributed by atoms with Crippen molar-refractivity contribution in [1.29, 1.82) is 0 Å². The van der Waals surface area contributed by atoms with E-state index in [2.05, 4.69) is 25.2 Å². The van der Waals surface area contributed by atoms with Crippen molar-refractivity contribution in [3.63, 3.8) is 0 Å². The number of sulfonamides is 1. The van der Waals surface area contributed by atoms with E-state index in [1.54, 1.807) is 25.3 Å². The number of aromatic nitrogens is 1. The highest BCUT2D eigenvalue weighted by atomic mass is 32.2. The van der Waals surface area contributed by atoms with E-state index < -0.39 is 86.4 Å². The van der Waals surface area contributed by atoms with Crippen LogP contribution < -0.4 is 29.7 Å². The smallest absolute Gasteiger partial charge is 0.427 e. The fourth-order valence-corrected chi connectivity index (χ4v) is 9.82. The number of alkyl carbamates (subject to hydrolysis) is 1. The van der Waals surface area contributed by atoms with Crippen LogP contribution in [0.3, 0.4) is 0 Å². The second-order valence-corrected chi connectivity index (χ2v) is 19.3. The summed E-state index contributed by atoms with van der Waals surface area (Å²) in [4.78, 5) is 64.4. The van der Waals surface area contributed by atoms with Crippen LogP contribution in [0.4, 0.5) is 23.7 Å². The number of benzene rings is 1. The van der Waals surface area contributed by atoms with E-state index in [0.717, 1.165) is 11.1 Å². The quantitative estimate of drug-likeness (QED) is 0.312. The van der Waals surface area contributed by atoms with E-state index >= 15 is 0 Å². The lowest BCUT2D eigenvalue weighted by molar-refractivity contribution is -0.244. The highest BCUT2D eigenvalue weighted by molar-refractivity contribution is 7.91. The van der Waals surface area contributed by atoms with Crippen LogP contribution in [0.15, 0.2) is 36.5 Å². The molecule has 1 aromatic heterocycles. The van der Waals surface area contributed by atoms with Crippen molar-refractivity contribution < 1.29 is 55.0 Å². The maximum atomic E-state index is 15.0. The second kappa shape index (κ2) is 16.2. The Hall–Kier alpha value is -4.81. The Morgan fingerprint density at radius 1 is 1.10 bits per heavy atom. The molecule has 5 aliphatic rings. The van der Waals surface area contributed by atoms with Gasteiger partial charge in [-0.25, -0.2) is 18.2 Å². The maximum Gasteiger partial charge on any atom is 0.427 e. The van der Waals surface area contributed by atoms with Gasteiger partial charge in [-0.3, -0.25) is 19.1 Å². The van der Waals surface area contributed by atoms with Gasteiger partial charge in [0.15, 0.2) is 5.75 Å². The highest BCUT2D eigenvalue weighted by Gasteiger charge is 2.62. The Bertz CT molecular complexity index is 2170. The predicted molar refractivity (Wildman–Crippen MR) is 214 cm³/mol. The number of amides is 4. The monoisotopic (exact) mass is 862 g/mol. The van der Waals surface area contributed by atoms with Crippen LogP contribution in [0.2, 0.25) is 0 Å². The number of likely N-dealkylation sites (N-methyl/N-ethyl adjacent to an activating group) is 1. The lowest BCUT2D eigenvalue weighted by Gasteiger charge is -2.35. The van der Waals surface area contributed by atoms with Gasteiger partial charge in [0.2, 0.25) is 33.3 Å². The third kappa shape index (κ3) is 8.68. The zero-order valence-corrected chi connectivity index (χ0v) is 35.2. The Morgan fingerprint density at radius 2 is 1.85 bits per heavy atom. The number of hydrogen-bond donors (Lipinski definition) is 3. The number of carbonyl (C=O) groups is 4. The molecule has 4 amide bonds. The van der Waals surface area contributed by atoms with E-state index in [0.29, 0.717) is 76.7 Å². The normalized spacial score (nSPS) is 29.4. The minimum Gasteiger partial charge on any atom is -0.489 e. The van der Waals surface area contributed by atoms with Gasteiger partial charge < -0.3 is 34.6 Å². The Balaban J connectivity index is 1.24. The van der Waals surface area contributed by atoms with Gasteiger partial charge in [-0.05, 0) is 82.4 Å². The average Bonchev–Trinajstić information content (AvgIpc) is 4.11. The van der Waals surface area contributed by atoms with Crippen molar-refractivity contribution in [2.75, 3.05) is 31.6 Å². The molecule has 1 aromatic carbocycles. The Morgan fingerprint density at radius 3 is 2.55 bits per heavy atom. The number of pyridine rings is 1. The fourth-order valence-electron chi connectivity index (χ4n) is 8.46. The van der Waals surface area contributed by atoms with Crippen molar-refractivity contribution in [3.8, 4) is 11.6 Å². The van der Waals surface area contributed by atoms with E-state index in [4.69, 9.17) is 14.2 Å². The van der Waals surface area contributed by atoms with Crippen LogP contribution in [-0.4, -0.2) is 110 Å².